The number of thiophene rings is 1. The first-order chi connectivity index (χ1) is 14.0. The predicted molar refractivity (Wildman–Crippen MR) is 130 cm³/mol. The van der Waals surface area contributed by atoms with Gasteiger partial charge >= 0.3 is 6.18 Å². The third-order valence-corrected chi connectivity index (χ3v) is 5.70. The summed E-state index contributed by atoms with van der Waals surface area (Å²) in [5, 5.41) is 8.18. The first-order valence-corrected chi connectivity index (χ1v) is 10.3. The molecule has 0 saturated heterocycles. The number of likely N-dealkylation sites (N-methyl/N-ethyl adjacent to an activating group) is 1. The minimum absolute atomic E-state index is 0. The fraction of sp³-hybridized carbons (Fsp3) is 0.429. The molecule has 0 radical (unpaired) electrons. The van der Waals surface area contributed by atoms with Crippen molar-refractivity contribution in [3.63, 3.8) is 0 Å². The Morgan fingerprint density at radius 2 is 1.84 bits per heavy atom. The lowest BCUT2D eigenvalue weighted by molar-refractivity contribution is -0.137. The second kappa shape index (κ2) is 11.7. The van der Waals surface area contributed by atoms with Crippen molar-refractivity contribution in [3.8, 4) is 0 Å². The molecule has 1 heterocycles. The second-order valence-corrected chi connectivity index (χ2v) is 8.67. The highest BCUT2D eigenvalue weighted by atomic mass is 127. The maximum absolute atomic E-state index is 12.9. The highest BCUT2D eigenvalue weighted by Crippen LogP contribution is 2.29. The van der Waals surface area contributed by atoms with Crippen LogP contribution in [-0.2, 0) is 22.9 Å². The van der Waals surface area contributed by atoms with Gasteiger partial charge in [-0.05, 0) is 29.1 Å². The van der Waals surface area contributed by atoms with Gasteiger partial charge in [0.05, 0.1) is 18.7 Å². The quantitative estimate of drug-likeness (QED) is 0.294. The molecule has 0 fully saturated rings. The molecule has 2 N–H and O–H groups in total. The Kier molecular flexibility index (Phi) is 10.3. The normalized spacial score (nSPS) is 12.2. The molecule has 0 bridgehead atoms. The lowest BCUT2D eigenvalue weighted by atomic mass is 9.91. The van der Waals surface area contributed by atoms with Gasteiger partial charge in [0, 0.05) is 30.9 Å². The Morgan fingerprint density at radius 3 is 2.42 bits per heavy atom. The molecule has 0 aliphatic carbocycles. The van der Waals surface area contributed by atoms with Crippen molar-refractivity contribution in [2.24, 2.45) is 4.99 Å². The number of benzene rings is 1. The zero-order chi connectivity index (χ0) is 22.4. The predicted octanol–water partition coefficient (Wildman–Crippen LogP) is 4.49. The summed E-state index contributed by atoms with van der Waals surface area (Å²) in [7, 11) is 3.30. The van der Waals surface area contributed by atoms with E-state index in [1.165, 1.54) is 15.8 Å². The van der Waals surface area contributed by atoms with E-state index >= 15 is 0 Å². The standard InChI is InChI=1S/C21H27F3N4OS.HI/c1-20(2,17-9-6-10-30-17)14-27-19(26-13-18(29)28(3)4)25-12-15-7-5-8-16(11-15)21(22,23)24;/h5-11H,12-14H2,1-4H3,(H2,25,26,27);1H. The summed E-state index contributed by atoms with van der Waals surface area (Å²) >= 11 is 1.65. The van der Waals surface area contributed by atoms with Gasteiger partial charge in [-0.25, -0.2) is 4.99 Å². The molecule has 5 nitrogen and oxygen atoms in total. The van der Waals surface area contributed by atoms with E-state index in [2.05, 4.69) is 35.5 Å². The Morgan fingerprint density at radius 1 is 1.13 bits per heavy atom. The third-order valence-electron chi connectivity index (χ3n) is 4.47. The molecule has 1 aromatic heterocycles. The van der Waals surface area contributed by atoms with Crippen molar-refractivity contribution in [1.82, 2.24) is 15.5 Å². The number of rotatable bonds is 7. The van der Waals surface area contributed by atoms with Gasteiger partial charge in [-0.15, -0.1) is 35.3 Å². The van der Waals surface area contributed by atoms with E-state index in [1.54, 1.807) is 31.5 Å². The van der Waals surface area contributed by atoms with E-state index in [4.69, 9.17) is 0 Å². The van der Waals surface area contributed by atoms with Crippen LogP contribution < -0.4 is 10.6 Å². The van der Waals surface area contributed by atoms with E-state index in [9.17, 15) is 18.0 Å². The SMILES string of the molecule is CN(C)C(=O)CNC(=NCc1cccc(C(F)(F)F)c1)NCC(C)(C)c1cccs1.I. The van der Waals surface area contributed by atoms with E-state index in [1.807, 2.05) is 11.4 Å². The van der Waals surface area contributed by atoms with Gasteiger partial charge in [-0.2, -0.15) is 13.2 Å². The molecule has 0 saturated carbocycles. The molecule has 31 heavy (non-hydrogen) atoms. The highest BCUT2D eigenvalue weighted by molar-refractivity contribution is 14.0. The number of carbonyl (C=O) groups excluding carboxylic acids is 1. The number of guanidine groups is 1. The Bertz CT molecular complexity index is 868. The van der Waals surface area contributed by atoms with Crippen LogP contribution in [0.1, 0.15) is 29.9 Å². The molecule has 0 unspecified atom stereocenters. The number of alkyl halides is 3. The van der Waals surface area contributed by atoms with Gasteiger partial charge in [0.25, 0.3) is 0 Å². The molecule has 1 aromatic carbocycles. The van der Waals surface area contributed by atoms with E-state index in [0.29, 0.717) is 18.1 Å². The average Bonchev–Trinajstić information content (AvgIpc) is 3.22. The first kappa shape index (κ1) is 27.2. The van der Waals surface area contributed by atoms with Gasteiger partial charge in [-0.3, -0.25) is 4.79 Å². The number of amides is 1. The Balaban J connectivity index is 0.00000480. The average molecular weight is 568 g/mol. The number of nitrogens with one attached hydrogen (secondary N) is 2. The highest BCUT2D eigenvalue weighted by Gasteiger charge is 2.30. The number of hydrogen-bond acceptors (Lipinski definition) is 3. The fourth-order valence-electron chi connectivity index (χ4n) is 2.56. The molecule has 172 valence electrons. The zero-order valence-corrected chi connectivity index (χ0v) is 21.1. The van der Waals surface area contributed by atoms with E-state index < -0.39 is 11.7 Å². The van der Waals surface area contributed by atoms with Crippen molar-refractivity contribution < 1.29 is 18.0 Å². The summed E-state index contributed by atoms with van der Waals surface area (Å²) < 4.78 is 38.8. The molecule has 0 spiro atoms. The minimum atomic E-state index is -4.40. The number of halogens is 4. The maximum Gasteiger partial charge on any atom is 0.416 e. The first-order valence-electron chi connectivity index (χ1n) is 9.41. The molecule has 1 amide bonds. The Hall–Kier alpha value is -1.82. The number of nitrogens with zero attached hydrogens (tertiary/aromatic N) is 2. The molecule has 10 heteroatoms. The van der Waals surface area contributed by atoms with Crippen LogP contribution >= 0.6 is 35.3 Å². The van der Waals surface area contributed by atoms with Gasteiger partial charge < -0.3 is 15.5 Å². The fourth-order valence-corrected chi connectivity index (χ4v) is 3.42. The summed E-state index contributed by atoms with van der Waals surface area (Å²) in [6.07, 6.45) is -4.40. The molecule has 0 aliphatic heterocycles. The summed E-state index contributed by atoms with van der Waals surface area (Å²) in [5.74, 6) is 0.230. The molecule has 0 atom stereocenters. The maximum atomic E-state index is 12.9. The molecular weight excluding hydrogens is 540 g/mol. The van der Waals surface area contributed by atoms with Gasteiger partial charge in [0.15, 0.2) is 5.96 Å². The summed E-state index contributed by atoms with van der Waals surface area (Å²) in [6, 6.07) is 9.11. The van der Waals surface area contributed by atoms with Crippen molar-refractivity contribution in [2.45, 2.75) is 32.0 Å². The van der Waals surface area contributed by atoms with Crippen LogP contribution in [-0.4, -0.2) is 44.0 Å². The monoisotopic (exact) mass is 568 g/mol. The van der Waals surface area contributed by atoms with Crippen LogP contribution in [0.3, 0.4) is 0 Å². The van der Waals surface area contributed by atoms with Crippen LogP contribution in [0.4, 0.5) is 13.2 Å². The minimum Gasteiger partial charge on any atom is -0.355 e. The van der Waals surface area contributed by atoms with Crippen molar-refractivity contribution in [3.05, 3.63) is 57.8 Å². The van der Waals surface area contributed by atoms with Gasteiger partial charge in [-0.1, -0.05) is 32.0 Å². The molecular formula is C21H28F3IN4OS. The molecule has 2 aromatic rings. The lowest BCUT2D eigenvalue weighted by Crippen LogP contribution is -2.46. The molecule has 0 aliphatic rings. The Labute approximate surface area is 202 Å². The number of carbonyl (C=O) groups is 1. The number of aliphatic imine (C=N–C) groups is 1. The summed E-state index contributed by atoms with van der Waals surface area (Å²) in [4.78, 5) is 19.0. The summed E-state index contributed by atoms with van der Waals surface area (Å²) in [6.45, 7) is 4.79. The van der Waals surface area contributed by atoms with Crippen LogP contribution in [0.15, 0.2) is 46.8 Å². The van der Waals surface area contributed by atoms with Crippen LogP contribution in [0.25, 0.3) is 0 Å². The molecule has 2 rings (SSSR count). The van der Waals surface area contributed by atoms with E-state index in [-0.39, 0.29) is 48.4 Å². The van der Waals surface area contributed by atoms with Crippen molar-refractivity contribution in [2.75, 3.05) is 27.2 Å². The second-order valence-electron chi connectivity index (χ2n) is 7.72. The smallest absolute Gasteiger partial charge is 0.355 e. The largest absolute Gasteiger partial charge is 0.416 e. The lowest BCUT2D eigenvalue weighted by Gasteiger charge is -2.25. The number of hydrogen-bond donors (Lipinski definition) is 2. The van der Waals surface area contributed by atoms with Gasteiger partial charge in [0.2, 0.25) is 5.91 Å². The van der Waals surface area contributed by atoms with Crippen LogP contribution in [0.5, 0.6) is 0 Å². The van der Waals surface area contributed by atoms with Crippen molar-refractivity contribution >= 4 is 47.2 Å². The topological polar surface area (TPSA) is 56.7 Å². The van der Waals surface area contributed by atoms with Gasteiger partial charge in [0.1, 0.15) is 0 Å². The zero-order valence-electron chi connectivity index (χ0n) is 17.9. The van der Waals surface area contributed by atoms with E-state index in [0.717, 1.165) is 12.1 Å². The van der Waals surface area contributed by atoms with Crippen molar-refractivity contribution in [1.29, 1.82) is 0 Å². The summed E-state index contributed by atoms with van der Waals surface area (Å²) in [5.41, 5.74) is -0.458. The third kappa shape index (κ3) is 8.68. The van der Waals surface area contributed by atoms with Crippen LogP contribution in [0.2, 0.25) is 0 Å². The van der Waals surface area contributed by atoms with Crippen LogP contribution in [0, 0.1) is 0 Å².